The smallest absolute Gasteiger partial charge is 0.100 e. The van der Waals surface area contributed by atoms with Crippen LogP contribution in [0.4, 0.5) is 0 Å². The number of hydrogen-bond donors (Lipinski definition) is 1. The van der Waals surface area contributed by atoms with E-state index < -0.39 is 0 Å². The van der Waals surface area contributed by atoms with Crippen molar-refractivity contribution in [3.8, 4) is 0 Å². The molecule has 0 saturated carbocycles. The maximum Gasteiger partial charge on any atom is 0.100 e. The zero-order chi connectivity index (χ0) is 9.10. The number of nitrogens with zero attached hydrogens (tertiary/aromatic N) is 2. The zero-order valence-electron chi connectivity index (χ0n) is 8.42. The minimum atomic E-state index is 0.694. The van der Waals surface area contributed by atoms with E-state index in [1.807, 2.05) is 0 Å². The average molecular weight is 181 g/mol. The van der Waals surface area contributed by atoms with Crippen molar-refractivity contribution in [2.75, 3.05) is 26.7 Å². The maximum atomic E-state index is 4.58. The van der Waals surface area contributed by atoms with Crippen molar-refractivity contribution in [2.45, 2.75) is 31.7 Å². The lowest BCUT2D eigenvalue weighted by Crippen LogP contribution is -2.36. The van der Waals surface area contributed by atoms with Gasteiger partial charge in [0.2, 0.25) is 0 Å². The highest BCUT2D eigenvalue weighted by molar-refractivity contribution is 5.83. The molecule has 0 aromatic carbocycles. The van der Waals surface area contributed by atoms with Crippen LogP contribution in [0.3, 0.4) is 0 Å². The Morgan fingerprint density at radius 3 is 3.15 bits per heavy atom. The van der Waals surface area contributed by atoms with Gasteiger partial charge in [-0.2, -0.15) is 0 Å². The molecule has 2 heterocycles. The van der Waals surface area contributed by atoms with E-state index in [9.17, 15) is 0 Å². The largest absolute Gasteiger partial charge is 0.363 e. The Hall–Kier alpha value is -0.570. The van der Waals surface area contributed by atoms with Crippen LogP contribution in [0.25, 0.3) is 0 Å². The second-order valence-electron chi connectivity index (χ2n) is 4.07. The Balaban J connectivity index is 1.88. The Bertz CT molecular complexity index is 194. The first-order valence-corrected chi connectivity index (χ1v) is 5.34. The summed E-state index contributed by atoms with van der Waals surface area (Å²) in [5.41, 5.74) is 0. The number of nitrogens with one attached hydrogen (secondary N) is 1. The van der Waals surface area contributed by atoms with Crippen LogP contribution in [0.15, 0.2) is 4.99 Å². The second-order valence-corrected chi connectivity index (χ2v) is 4.07. The molecule has 2 aliphatic heterocycles. The summed E-state index contributed by atoms with van der Waals surface area (Å²) in [5, 5.41) is 3.52. The third kappa shape index (κ3) is 2.21. The molecule has 74 valence electrons. The summed E-state index contributed by atoms with van der Waals surface area (Å²) in [4.78, 5) is 6.89. The van der Waals surface area contributed by atoms with Crippen molar-refractivity contribution in [3.63, 3.8) is 0 Å². The van der Waals surface area contributed by atoms with Crippen LogP contribution < -0.4 is 5.32 Å². The minimum absolute atomic E-state index is 0.694. The fourth-order valence-electron chi connectivity index (χ4n) is 2.14. The number of rotatable bonds is 2. The zero-order valence-corrected chi connectivity index (χ0v) is 8.42. The topological polar surface area (TPSA) is 27.6 Å². The van der Waals surface area contributed by atoms with Crippen LogP contribution in [0.5, 0.6) is 0 Å². The van der Waals surface area contributed by atoms with Gasteiger partial charge in [0.1, 0.15) is 5.84 Å². The summed E-state index contributed by atoms with van der Waals surface area (Å²) in [7, 11) is 2.16. The van der Waals surface area contributed by atoms with Crippen molar-refractivity contribution in [1.82, 2.24) is 10.2 Å². The first-order valence-electron chi connectivity index (χ1n) is 5.34. The normalized spacial score (nSPS) is 29.2. The fourth-order valence-corrected chi connectivity index (χ4v) is 2.14. The van der Waals surface area contributed by atoms with Crippen molar-refractivity contribution < 1.29 is 0 Å². The van der Waals surface area contributed by atoms with Crippen LogP contribution in [-0.4, -0.2) is 43.5 Å². The Kier molecular flexibility index (Phi) is 2.83. The van der Waals surface area contributed by atoms with Gasteiger partial charge < -0.3 is 10.2 Å². The van der Waals surface area contributed by atoms with E-state index in [0.717, 1.165) is 13.0 Å². The van der Waals surface area contributed by atoms with Gasteiger partial charge in [-0.25, -0.2) is 0 Å². The molecule has 1 saturated heterocycles. The molecule has 2 aliphatic rings. The summed E-state index contributed by atoms with van der Waals surface area (Å²) in [6.07, 6.45) is 5.02. The molecule has 0 bridgehead atoms. The van der Waals surface area contributed by atoms with Crippen molar-refractivity contribution in [2.24, 2.45) is 4.99 Å². The molecule has 1 atom stereocenters. The standard InChI is InChI=1S/C10H19N3/c1-13-7-3-6-12-10(13)8-9-4-2-5-11-9/h9,11H,2-8H2,1H3. The molecule has 0 spiro atoms. The maximum absolute atomic E-state index is 4.58. The lowest BCUT2D eigenvalue weighted by molar-refractivity contribution is 0.444. The van der Waals surface area contributed by atoms with Crippen LogP contribution in [0.1, 0.15) is 25.7 Å². The lowest BCUT2D eigenvalue weighted by atomic mass is 10.1. The van der Waals surface area contributed by atoms with Crippen molar-refractivity contribution >= 4 is 5.84 Å². The molecular weight excluding hydrogens is 162 g/mol. The summed E-state index contributed by atoms with van der Waals surface area (Å²) in [6.45, 7) is 3.42. The summed E-state index contributed by atoms with van der Waals surface area (Å²) < 4.78 is 0. The summed E-state index contributed by atoms with van der Waals surface area (Å²) in [6, 6.07) is 0.694. The van der Waals surface area contributed by atoms with Crippen molar-refractivity contribution in [3.05, 3.63) is 0 Å². The summed E-state index contributed by atoms with van der Waals surface area (Å²) >= 11 is 0. The highest BCUT2D eigenvalue weighted by Crippen LogP contribution is 2.12. The van der Waals surface area contributed by atoms with Gasteiger partial charge in [-0.3, -0.25) is 4.99 Å². The Morgan fingerprint density at radius 1 is 1.54 bits per heavy atom. The second kappa shape index (κ2) is 4.09. The van der Waals surface area contributed by atoms with Gasteiger partial charge in [0, 0.05) is 32.6 Å². The highest BCUT2D eigenvalue weighted by Gasteiger charge is 2.19. The fraction of sp³-hybridized carbons (Fsp3) is 0.900. The Morgan fingerprint density at radius 2 is 2.46 bits per heavy atom. The van der Waals surface area contributed by atoms with Crippen LogP contribution >= 0.6 is 0 Å². The van der Waals surface area contributed by atoms with Crippen LogP contribution in [-0.2, 0) is 0 Å². The van der Waals surface area contributed by atoms with Gasteiger partial charge in [0.25, 0.3) is 0 Å². The molecule has 0 aromatic heterocycles. The van der Waals surface area contributed by atoms with E-state index in [4.69, 9.17) is 0 Å². The van der Waals surface area contributed by atoms with E-state index in [1.165, 1.54) is 38.2 Å². The van der Waals surface area contributed by atoms with Gasteiger partial charge in [-0.05, 0) is 25.8 Å². The molecule has 0 amide bonds. The molecule has 13 heavy (non-hydrogen) atoms. The van der Waals surface area contributed by atoms with Gasteiger partial charge in [0.05, 0.1) is 0 Å². The predicted octanol–water partition coefficient (Wildman–Crippen LogP) is 0.862. The molecule has 2 rings (SSSR count). The Labute approximate surface area is 80.2 Å². The van der Waals surface area contributed by atoms with E-state index >= 15 is 0 Å². The van der Waals surface area contributed by atoms with Crippen LogP contribution in [0.2, 0.25) is 0 Å². The highest BCUT2D eigenvalue weighted by atomic mass is 15.2. The number of amidine groups is 1. The molecular formula is C10H19N3. The molecule has 1 N–H and O–H groups in total. The quantitative estimate of drug-likeness (QED) is 0.684. The van der Waals surface area contributed by atoms with Gasteiger partial charge in [-0.15, -0.1) is 0 Å². The van der Waals surface area contributed by atoms with E-state index in [0.29, 0.717) is 6.04 Å². The van der Waals surface area contributed by atoms with Gasteiger partial charge in [0.15, 0.2) is 0 Å². The molecule has 3 nitrogen and oxygen atoms in total. The van der Waals surface area contributed by atoms with E-state index in [1.54, 1.807) is 0 Å². The molecule has 0 aromatic rings. The van der Waals surface area contributed by atoms with Crippen molar-refractivity contribution in [1.29, 1.82) is 0 Å². The molecule has 0 radical (unpaired) electrons. The van der Waals surface area contributed by atoms with Gasteiger partial charge in [-0.1, -0.05) is 0 Å². The molecule has 0 aliphatic carbocycles. The van der Waals surface area contributed by atoms with E-state index in [-0.39, 0.29) is 0 Å². The third-order valence-electron chi connectivity index (χ3n) is 2.98. The first kappa shape index (κ1) is 9.00. The minimum Gasteiger partial charge on any atom is -0.363 e. The SMILES string of the molecule is CN1CCCN=C1CC1CCCN1. The third-order valence-corrected chi connectivity index (χ3v) is 2.98. The average Bonchev–Trinajstić information content (AvgIpc) is 2.61. The monoisotopic (exact) mass is 181 g/mol. The molecule has 3 heteroatoms. The van der Waals surface area contributed by atoms with E-state index in [2.05, 4.69) is 22.3 Å². The lowest BCUT2D eigenvalue weighted by Gasteiger charge is -2.26. The number of aliphatic imine (C=N–C) groups is 1. The number of hydrogen-bond acceptors (Lipinski definition) is 3. The summed E-state index contributed by atoms with van der Waals surface area (Å²) in [5.74, 6) is 1.31. The van der Waals surface area contributed by atoms with Gasteiger partial charge >= 0.3 is 0 Å². The molecule has 1 unspecified atom stereocenters. The first-order chi connectivity index (χ1) is 6.36. The van der Waals surface area contributed by atoms with Crippen LogP contribution in [0, 0.1) is 0 Å². The predicted molar refractivity (Wildman–Crippen MR) is 55.2 cm³/mol. The molecule has 1 fully saturated rings.